The molecular weight excluding hydrogens is 242 g/mol. The minimum absolute atomic E-state index is 0.0437. The molecule has 4 nitrogen and oxygen atoms in total. The molecule has 2 fully saturated rings. The molecule has 0 aromatic carbocycles. The third kappa shape index (κ3) is 3.91. The average Bonchev–Trinajstić information content (AvgIpc) is 2.40. The molecule has 2 N–H and O–H groups in total. The lowest BCUT2D eigenvalue weighted by Crippen LogP contribution is -2.55. The predicted octanol–water partition coefficient (Wildman–Crippen LogP) is 1.86. The second-order valence-corrected chi connectivity index (χ2v) is 6.37. The van der Waals surface area contributed by atoms with Gasteiger partial charge in [-0.2, -0.15) is 0 Å². The third-order valence-electron chi connectivity index (χ3n) is 4.89. The highest BCUT2D eigenvalue weighted by atomic mass is 16.5. The summed E-state index contributed by atoms with van der Waals surface area (Å²) >= 11 is 0. The van der Waals surface area contributed by atoms with Crippen LogP contribution in [0.5, 0.6) is 0 Å². The molecule has 1 spiro atoms. The van der Waals surface area contributed by atoms with Crippen LogP contribution in [0.2, 0.25) is 0 Å². The Morgan fingerprint density at radius 3 is 2.68 bits per heavy atom. The van der Waals surface area contributed by atoms with Gasteiger partial charge in [0.15, 0.2) is 0 Å². The Labute approximate surface area is 116 Å². The lowest BCUT2D eigenvalue weighted by molar-refractivity contribution is -0.142. The molecule has 19 heavy (non-hydrogen) atoms. The SMILES string of the molecule is CCC(C)(CCO)NC1CCOC2(CCOCC2)C1. The minimum Gasteiger partial charge on any atom is -0.396 e. The van der Waals surface area contributed by atoms with Crippen LogP contribution in [0.3, 0.4) is 0 Å². The second kappa shape index (κ2) is 6.53. The average molecular weight is 271 g/mol. The minimum atomic E-state index is 0.0437. The quantitative estimate of drug-likeness (QED) is 0.801. The fraction of sp³-hybridized carbons (Fsp3) is 1.00. The predicted molar refractivity (Wildman–Crippen MR) is 75.3 cm³/mol. The van der Waals surface area contributed by atoms with Crippen LogP contribution in [0.1, 0.15) is 52.4 Å². The highest BCUT2D eigenvalue weighted by Gasteiger charge is 2.40. The summed E-state index contributed by atoms with van der Waals surface area (Å²) < 4.78 is 11.5. The van der Waals surface area contributed by atoms with Gasteiger partial charge in [0.05, 0.1) is 5.60 Å². The van der Waals surface area contributed by atoms with Crippen molar-refractivity contribution >= 4 is 0 Å². The first-order valence-corrected chi connectivity index (χ1v) is 7.72. The van der Waals surface area contributed by atoms with Crippen LogP contribution in [0.4, 0.5) is 0 Å². The molecule has 0 saturated carbocycles. The number of ether oxygens (including phenoxy) is 2. The highest BCUT2D eigenvalue weighted by Crippen LogP contribution is 2.35. The molecular formula is C15H29NO3. The Kier molecular flexibility index (Phi) is 5.23. The van der Waals surface area contributed by atoms with E-state index in [2.05, 4.69) is 19.2 Å². The number of aliphatic hydroxyl groups is 1. The van der Waals surface area contributed by atoms with Gasteiger partial charge in [-0.1, -0.05) is 6.92 Å². The van der Waals surface area contributed by atoms with Crippen molar-refractivity contribution < 1.29 is 14.6 Å². The van der Waals surface area contributed by atoms with E-state index in [1.165, 1.54) is 0 Å². The Hall–Kier alpha value is -0.160. The van der Waals surface area contributed by atoms with E-state index in [0.717, 1.165) is 58.3 Å². The van der Waals surface area contributed by atoms with Gasteiger partial charge in [0, 0.05) is 38.0 Å². The second-order valence-electron chi connectivity index (χ2n) is 6.37. The largest absolute Gasteiger partial charge is 0.396 e. The van der Waals surface area contributed by atoms with Gasteiger partial charge in [0.1, 0.15) is 0 Å². The molecule has 0 bridgehead atoms. The van der Waals surface area contributed by atoms with Gasteiger partial charge in [-0.3, -0.25) is 0 Å². The molecule has 2 rings (SSSR count). The summed E-state index contributed by atoms with van der Waals surface area (Å²) in [5, 5.41) is 13.0. The lowest BCUT2D eigenvalue weighted by Gasteiger charge is -2.46. The first-order valence-electron chi connectivity index (χ1n) is 7.72. The summed E-state index contributed by atoms with van der Waals surface area (Å²) in [4.78, 5) is 0. The Morgan fingerprint density at radius 2 is 2.05 bits per heavy atom. The van der Waals surface area contributed by atoms with E-state index in [4.69, 9.17) is 9.47 Å². The van der Waals surface area contributed by atoms with Crippen molar-refractivity contribution in [2.24, 2.45) is 0 Å². The molecule has 4 heteroatoms. The standard InChI is InChI=1S/C15H29NO3/c1-3-14(2,5-8-17)16-13-4-9-19-15(12-13)6-10-18-11-7-15/h13,16-17H,3-12H2,1-2H3. The summed E-state index contributed by atoms with van der Waals surface area (Å²) in [6.07, 6.45) is 6.06. The molecule has 2 aliphatic rings. The monoisotopic (exact) mass is 271 g/mol. The summed E-state index contributed by atoms with van der Waals surface area (Å²) in [6.45, 7) is 7.15. The van der Waals surface area contributed by atoms with Crippen LogP contribution < -0.4 is 5.32 Å². The fourth-order valence-electron chi connectivity index (χ4n) is 3.33. The van der Waals surface area contributed by atoms with Crippen molar-refractivity contribution in [3.63, 3.8) is 0 Å². The summed E-state index contributed by atoms with van der Waals surface area (Å²) in [6, 6.07) is 0.503. The number of hydrogen-bond donors (Lipinski definition) is 2. The van der Waals surface area contributed by atoms with Crippen LogP contribution in [-0.4, -0.2) is 48.7 Å². The molecule has 2 heterocycles. The van der Waals surface area contributed by atoms with E-state index >= 15 is 0 Å². The first kappa shape index (κ1) is 15.2. The number of rotatable bonds is 5. The molecule has 2 saturated heterocycles. The maximum atomic E-state index is 9.22. The van der Waals surface area contributed by atoms with Crippen LogP contribution in [0.25, 0.3) is 0 Å². The van der Waals surface area contributed by atoms with Crippen molar-refractivity contribution in [3.05, 3.63) is 0 Å². The van der Waals surface area contributed by atoms with E-state index < -0.39 is 0 Å². The van der Waals surface area contributed by atoms with Crippen LogP contribution in [-0.2, 0) is 9.47 Å². The van der Waals surface area contributed by atoms with Crippen molar-refractivity contribution in [2.45, 2.75) is 69.6 Å². The van der Waals surface area contributed by atoms with Gasteiger partial charge in [-0.25, -0.2) is 0 Å². The normalized spacial score (nSPS) is 30.2. The molecule has 0 radical (unpaired) electrons. The Bertz CT molecular complexity index is 271. The Morgan fingerprint density at radius 1 is 1.32 bits per heavy atom. The van der Waals surface area contributed by atoms with Gasteiger partial charge < -0.3 is 19.9 Å². The Balaban J connectivity index is 1.93. The molecule has 0 aromatic rings. The third-order valence-corrected chi connectivity index (χ3v) is 4.89. The molecule has 0 amide bonds. The molecule has 2 aliphatic heterocycles. The van der Waals surface area contributed by atoms with E-state index in [1.54, 1.807) is 0 Å². The van der Waals surface area contributed by atoms with Crippen molar-refractivity contribution in [2.75, 3.05) is 26.4 Å². The maximum absolute atomic E-state index is 9.22. The summed E-state index contributed by atoms with van der Waals surface area (Å²) in [7, 11) is 0. The number of aliphatic hydroxyl groups excluding tert-OH is 1. The number of hydrogen-bond acceptors (Lipinski definition) is 4. The zero-order valence-electron chi connectivity index (χ0n) is 12.4. The van der Waals surface area contributed by atoms with Crippen molar-refractivity contribution in [1.82, 2.24) is 5.32 Å². The van der Waals surface area contributed by atoms with Gasteiger partial charge in [-0.15, -0.1) is 0 Å². The van der Waals surface area contributed by atoms with Crippen LogP contribution in [0, 0.1) is 0 Å². The zero-order chi connectivity index (χ0) is 13.8. The summed E-state index contributed by atoms with van der Waals surface area (Å²) in [5.41, 5.74) is 0.0884. The maximum Gasteiger partial charge on any atom is 0.0741 e. The van der Waals surface area contributed by atoms with E-state index in [9.17, 15) is 5.11 Å². The highest BCUT2D eigenvalue weighted by molar-refractivity contribution is 4.95. The van der Waals surface area contributed by atoms with Crippen LogP contribution in [0.15, 0.2) is 0 Å². The number of nitrogens with one attached hydrogen (secondary N) is 1. The van der Waals surface area contributed by atoms with E-state index in [-0.39, 0.29) is 17.7 Å². The van der Waals surface area contributed by atoms with Crippen LogP contribution >= 0.6 is 0 Å². The topological polar surface area (TPSA) is 50.7 Å². The van der Waals surface area contributed by atoms with Crippen molar-refractivity contribution in [3.8, 4) is 0 Å². The molecule has 0 aromatic heterocycles. The molecule has 112 valence electrons. The first-order chi connectivity index (χ1) is 9.11. The zero-order valence-corrected chi connectivity index (χ0v) is 12.4. The van der Waals surface area contributed by atoms with Gasteiger partial charge >= 0.3 is 0 Å². The van der Waals surface area contributed by atoms with E-state index in [1.807, 2.05) is 0 Å². The smallest absolute Gasteiger partial charge is 0.0741 e. The summed E-state index contributed by atoms with van der Waals surface area (Å²) in [5.74, 6) is 0. The lowest BCUT2D eigenvalue weighted by atomic mass is 9.82. The molecule has 0 aliphatic carbocycles. The fourth-order valence-corrected chi connectivity index (χ4v) is 3.33. The van der Waals surface area contributed by atoms with Gasteiger partial charge in [-0.05, 0) is 45.4 Å². The van der Waals surface area contributed by atoms with E-state index in [0.29, 0.717) is 6.04 Å². The van der Waals surface area contributed by atoms with Gasteiger partial charge in [0.25, 0.3) is 0 Å². The molecule has 2 unspecified atom stereocenters. The molecule has 2 atom stereocenters. The van der Waals surface area contributed by atoms with Crippen molar-refractivity contribution in [1.29, 1.82) is 0 Å². The van der Waals surface area contributed by atoms with Gasteiger partial charge in [0.2, 0.25) is 0 Å².